The van der Waals surface area contributed by atoms with Crippen molar-refractivity contribution >= 4 is 0 Å². The Morgan fingerprint density at radius 3 is 1.67 bits per heavy atom. The van der Waals surface area contributed by atoms with E-state index in [9.17, 15) is 0 Å². The Bertz CT molecular complexity index is 180. The van der Waals surface area contributed by atoms with E-state index in [4.69, 9.17) is 0 Å². The zero-order chi connectivity index (χ0) is 8.65. The average Bonchev–Trinajstić information content (AvgIpc) is 2.03. The fourth-order valence-electron chi connectivity index (χ4n) is 0.964. The molecule has 0 nitrogen and oxygen atoms in total. The standard InChI is InChI=1S/C8H10.C4H8/c1-2-8-6-4-3-5-7-8;1-2-4-3-1/h3-7H,2H2,1H3;1-4H2. The van der Waals surface area contributed by atoms with Crippen molar-refractivity contribution in [3.8, 4) is 0 Å². The molecule has 0 unspecified atom stereocenters. The van der Waals surface area contributed by atoms with E-state index in [0.717, 1.165) is 6.42 Å². The Morgan fingerprint density at radius 2 is 1.42 bits per heavy atom. The molecule has 0 aromatic heterocycles. The highest BCUT2D eigenvalue weighted by atomic mass is 14.0. The van der Waals surface area contributed by atoms with Crippen LogP contribution in [-0.4, -0.2) is 0 Å². The molecule has 0 heteroatoms. The molecule has 66 valence electrons. The summed E-state index contributed by atoms with van der Waals surface area (Å²) in [7, 11) is 0. The van der Waals surface area contributed by atoms with Gasteiger partial charge in [-0.3, -0.25) is 0 Å². The fraction of sp³-hybridized carbons (Fsp3) is 0.500. The fourth-order valence-corrected chi connectivity index (χ4v) is 0.964. The average molecular weight is 162 g/mol. The van der Waals surface area contributed by atoms with Crippen molar-refractivity contribution in [1.29, 1.82) is 0 Å². The monoisotopic (exact) mass is 162 g/mol. The summed E-state index contributed by atoms with van der Waals surface area (Å²) in [5.74, 6) is 0. The van der Waals surface area contributed by atoms with Crippen molar-refractivity contribution in [2.75, 3.05) is 0 Å². The SMILES string of the molecule is C1CCC1.CCc1ccccc1. The smallest absolute Gasteiger partial charge is 0.0307 e. The van der Waals surface area contributed by atoms with Crippen LogP contribution in [0.3, 0.4) is 0 Å². The third kappa shape index (κ3) is 3.56. The lowest BCUT2D eigenvalue weighted by Gasteiger charge is -2.05. The first-order chi connectivity index (χ1) is 5.93. The zero-order valence-corrected chi connectivity index (χ0v) is 7.92. The highest BCUT2D eigenvalue weighted by Gasteiger charge is 1.95. The van der Waals surface area contributed by atoms with Gasteiger partial charge in [-0.25, -0.2) is 0 Å². The molecule has 0 bridgehead atoms. The molecule has 12 heavy (non-hydrogen) atoms. The first-order valence-corrected chi connectivity index (χ1v) is 4.97. The number of aryl methyl sites for hydroxylation is 1. The summed E-state index contributed by atoms with van der Waals surface area (Å²) in [6.45, 7) is 2.16. The van der Waals surface area contributed by atoms with Crippen molar-refractivity contribution in [1.82, 2.24) is 0 Å². The molecule has 1 aliphatic rings. The third-order valence-electron chi connectivity index (χ3n) is 2.25. The minimum Gasteiger partial charge on any atom is -0.0622 e. The van der Waals surface area contributed by atoms with E-state index in [1.807, 2.05) is 6.07 Å². The molecular weight excluding hydrogens is 144 g/mol. The predicted octanol–water partition coefficient (Wildman–Crippen LogP) is 3.81. The van der Waals surface area contributed by atoms with Crippen molar-refractivity contribution in [3.63, 3.8) is 0 Å². The molecule has 1 fully saturated rings. The molecule has 0 heterocycles. The lowest BCUT2D eigenvalue weighted by molar-refractivity contribution is 0.504. The quantitative estimate of drug-likeness (QED) is 0.589. The highest BCUT2D eigenvalue weighted by molar-refractivity contribution is 5.13. The van der Waals surface area contributed by atoms with E-state index < -0.39 is 0 Å². The second kappa shape index (κ2) is 5.82. The number of hydrogen-bond acceptors (Lipinski definition) is 0. The van der Waals surface area contributed by atoms with Gasteiger partial charge in [0.15, 0.2) is 0 Å². The van der Waals surface area contributed by atoms with Crippen LogP contribution in [0.25, 0.3) is 0 Å². The Kier molecular flexibility index (Phi) is 4.51. The predicted molar refractivity (Wildman–Crippen MR) is 54.3 cm³/mol. The summed E-state index contributed by atoms with van der Waals surface area (Å²) < 4.78 is 0. The van der Waals surface area contributed by atoms with Crippen LogP contribution in [0.4, 0.5) is 0 Å². The van der Waals surface area contributed by atoms with E-state index in [0.29, 0.717) is 0 Å². The van der Waals surface area contributed by atoms with E-state index in [-0.39, 0.29) is 0 Å². The summed E-state index contributed by atoms with van der Waals surface area (Å²) in [6.07, 6.45) is 7.14. The van der Waals surface area contributed by atoms with Crippen molar-refractivity contribution < 1.29 is 0 Å². The molecule has 0 amide bonds. The van der Waals surface area contributed by atoms with Crippen LogP contribution < -0.4 is 0 Å². The van der Waals surface area contributed by atoms with Crippen LogP contribution in [0.15, 0.2) is 30.3 Å². The van der Waals surface area contributed by atoms with Gasteiger partial charge >= 0.3 is 0 Å². The molecule has 0 spiro atoms. The summed E-state index contributed by atoms with van der Waals surface area (Å²) in [5, 5.41) is 0. The van der Waals surface area contributed by atoms with Crippen LogP contribution in [0.5, 0.6) is 0 Å². The molecule has 1 aromatic rings. The molecule has 0 aliphatic heterocycles. The minimum absolute atomic E-state index is 1.14. The van der Waals surface area contributed by atoms with Gasteiger partial charge in [0.2, 0.25) is 0 Å². The third-order valence-corrected chi connectivity index (χ3v) is 2.25. The van der Waals surface area contributed by atoms with Gasteiger partial charge in [-0.2, -0.15) is 0 Å². The zero-order valence-electron chi connectivity index (χ0n) is 7.92. The van der Waals surface area contributed by atoms with Gasteiger partial charge in [0.05, 0.1) is 0 Å². The van der Waals surface area contributed by atoms with Gasteiger partial charge in [-0.05, 0) is 12.0 Å². The van der Waals surface area contributed by atoms with Crippen LogP contribution in [0, 0.1) is 0 Å². The summed E-state index contributed by atoms with van der Waals surface area (Å²) in [6, 6.07) is 10.5. The molecule has 1 aliphatic carbocycles. The van der Waals surface area contributed by atoms with Crippen molar-refractivity contribution in [2.45, 2.75) is 39.0 Å². The molecule has 1 aromatic carbocycles. The van der Waals surface area contributed by atoms with Gasteiger partial charge in [0.25, 0.3) is 0 Å². The van der Waals surface area contributed by atoms with Crippen molar-refractivity contribution in [2.24, 2.45) is 0 Å². The second-order valence-electron chi connectivity index (χ2n) is 3.25. The molecule has 0 saturated heterocycles. The Morgan fingerprint density at radius 1 is 0.917 bits per heavy atom. The normalized spacial score (nSPS) is 14.1. The van der Waals surface area contributed by atoms with E-state index in [2.05, 4.69) is 31.2 Å². The first kappa shape index (κ1) is 9.31. The lowest BCUT2D eigenvalue weighted by Crippen LogP contribution is -1.85. The number of rotatable bonds is 1. The van der Waals surface area contributed by atoms with Crippen molar-refractivity contribution in [3.05, 3.63) is 35.9 Å². The molecule has 0 radical (unpaired) electrons. The maximum Gasteiger partial charge on any atom is -0.0307 e. The van der Waals surface area contributed by atoms with Gasteiger partial charge in [0.1, 0.15) is 0 Å². The Balaban J connectivity index is 0.000000150. The topological polar surface area (TPSA) is 0 Å². The van der Waals surface area contributed by atoms with Gasteiger partial charge in [0, 0.05) is 0 Å². The van der Waals surface area contributed by atoms with Crippen LogP contribution in [0.1, 0.15) is 38.2 Å². The highest BCUT2D eigenvalue weighted by Crippen LogP contribution is 2.15. The van der Waals surface area contributed by atoms with Gasteiger partial charge in [-0.1, -0.05) is 62.9 Å². The Labute approximate surface area is 75.6 Å². The van der Waals surface area contributed by atoms with E-state index in [1.54, 1.807) is 0 Å². The second-order valence-corrected chi connectivity index (χ2v) is 3.25. The molecular formula is C12H18. The lowest BCUT2D eigenvalue weighted by atomic mass is 10.0. The molecule has 1 saturated carbocycles. The van der Waals surface area contributed by atoms with Crippen LogP contribution >= 0.6 is 0 Å². The van der Waals surface area contributed by atoms with E-state index >= 15 is 0 Å². The maximum absolute atomic E-state index is 2.16. The molecule has 2 rings (SSSR count). The largest absolute Gasteiger partial charge is 0.0622 e. The van der Waals surface area contributed by atoms with Gasteiger partial charge in [-0.15, -0.1) is 0 Å². The summed E-state index contributed by atoms with van der Waals surface area (Å²) in [4.78, 5) is 0. The summed E-state index contributed by atoms with van der Waals surface area (Å²) >= 11 is 0. The first-order valence-electron chi connectivity index (χ1n) is 4.97. The number of benzene rings is 1. The summed E-state index contributed by atoms with van der Waals surface area (Å²) in [5.41, 5.74) is 1.41. The number of hydrogen-bond donors (Lipinski definition) is 0. The van der Waals surface area contributed by atoms with Gasteiger partial charge < -0.3 is 0 Å². The minimum atomic E-state index is 1.14. The Hall–Kier alpha value is -0.780. The maximum atomic E-state index is 2.16. The molecule has 0 N–H and O–H groups in total. The molecule has 0 atom stereocenters. The van der Waals surface area contributed by atoms with E-state index in [1.165, 1.54) is 31.2 Å². The van der Waals surface area contributed by atoms with Crippen LogP contribution in [0.2, 0.25) is 0 Å². The van der Waals surface area contributed by atoms with Crippen LogP contribution in [-0.2, 0) is 6.42 Å².